The summed E-state index contributed by atoms with van der Waals surface area (Å²) in [6.45, 7) is 1.84. The second-order valence-corrected chi connectivity index (χ2v) is 4.59. The Morgan fingerprint density at radius 3 is 2.67 bits per heavy atom. The zero-order valence-electron chi connectivity index (χ0n) is 11.3. The van der Waals surface area contributed by atoms with Crippen molar-refractivity contribution < 1.29 is 4.39 Å². The maximum absolute atomic E-state index is 13.1. The molecule has 0 aliphatic carbocycles. The van der Waals surface area contributed by atoms with Crippen molar-refractivity contribution in [3.63, 3.8) is 0 Å². The molecule has 0 unspecified atom stereocenters. The van der Waals surface area contributed by atoms with Crippen molar-refractivity contribution in [1.29, 1.82) is 5.26 Å². The lowest BCUT2D eigenvalue weighted by atomic mass is 10.1. The number of nitriles is 1. The summed E-state index contributed by atoms with van der Waals surface area (Å²) in [7, 11) is 0. The summed E-state index contributed by atoms with van der Waals surface area (Å²) in [5, 5.41) is 8.98. The maximum atomic E-state index is 13.1. The monoisotopic (exact) mass is 278 g/mol. The number of pyridine rings is 1. The molecule has 0 fully saturated rings. The zero-order chi connectivity index (χ0) is 14.8. The number of hydrogen-bond donors (Lipinski definition) is 1. The van der Waals surface area contributed by atoms with Crippen LogP contribution in [0.5, 0.6) is 0 Å². The lowest BCUT2D eigenvalue weighted by Crippen LogP contribution is -1.88. The Hall–Kier alpha value is -3.00. The number of H-pyrrole nitrogens is 1. The van der Waals surface area contributed by atoms with E-state index in [1.807, 2.05) is 6.92 Å². The van der Waals surface area contributed by atoms with Crippen LogP contribution in [0.1, 0.15) is 11.4 Å². The first kappa shape index (κ1) is 13.0. The zero-order valence-corrected chi connectivity index (χ0v) is 11.3. The van der Waals surface area contributed by atoms with Gasteiger partial charge in [0.05, 0.1) is 23.0 Å². The minimum absolute atomic E-state index is 0.291. The molecule has 102 valence electrons. The van der Waals surface area contributed by atoms with Crippen LogP contribution in [-0.2, 0) is 0 Å². The molecule has 0 saturated heterocycles. The summed E-state index contributed by atoms with van der Waals surface area (Å²) in [5.41, 5.74) is 3.35. The highest BCUT2D eigenvalue weighted by molar-refractivity contribution is 5.77. The summed E-state index contributed by atoms with van der Waals surface area (Å²) in [6.07, 6.45) is 1.58. The quantitative estimate of drug-likeness (QED) is 0.780. The second kappa shape index (κ2) is 5.17. The van der Waals surface area contributed by atoms with Crippen molar-refractivity contribution in [2.75, 3.05) is 0 Å². The molecule has 4 nitrogen and oxygen atoms in total. The lowest BCUT2D eigenvalue weighted by molar-refractivity contribution is 0.628. The van der Waals surface area contributed by atoms with E-state index in [1.54, 1.807) is 30.5 Å². The predicted molar refractivity (Wildman–Crippen MR) is 76.7 cm³/mol. The van der Waals surface area contributed by atoms with Crippen molar-refractivity contribution in [3.8, 4) is 28.7 Å². The molecule has 1 N–H and O–H groups in total. The lowest BCUT2D eigenvalue weighted by Gasteiger charge is -2.03. The molecule has 1 aromatic carbocycles. The molecule has 0 bridgehead atoms. The van der Waals surface area contributed by atoms with Gasteiger partial charge >= 0.3 is 0 Å². The molecule has 0 amide bonds. The molecule has 0 saturated carbocycles. The van der Waals surface area contributed by atoms with E-state index in [-0.39, 0.29) is 5.82 Å². The fraction of sp³-hybridized carbons (Fsp3) is 0.0625. The average Bonchev–Trinajstić information content (AvgIpc) is 2.90. The molecule has 3 rings (SSSR count). The molecule has 3 aromatic rings. The number of nitrogens with zero attached hydrogens (tertiary/aromatic N) is 3. The van der Waals surface area contributed by atoms with Gasteiger partial charge in [0.1, 0.15) is 17.3 Å². The molecule has 2 heterocycles. The summed E-state index contributed by atoms with van der Waals surface area (Å²) in [4.78, 5) is 11.9. The third-order valence-corrected chi connectivity index (χ3v) is 3.09. The molecular weight excluding hydrogens is 267 g/mol. The number of benzene rings is 1. The molecule has 21 heavy (non-hydrogen) atoms. The number of hydrogen-bond acceptors (Lipinski definition) is 3. The van der Waals surface area contributed by atoms with Gasteiger partial charge in [-0.25, -0.2) is 9.37 Å². The first-order valence-electron chi connectivity index (χ1n) is 6.36. The third-order valence-electron chi connectivity index (χ3n) is 3.09. The van der Waals surface area contributed by atoms with E-state index in [1.165, 1.54) is 12.1 Å². The van der Waals surface area contributed by atoms with Gasteiger partial charge in [0.2, 0.25) is 0 Å². The van der Waals surface area contributed by atoms with Crippen molar-refractivity contribution in [1.82, 2.24) is 15.0 Å². The number of imidazole rings is 1. The van der Waals surface area contributed by atoms with E-state index in [4.69, 9.17) is 5.26 Å². The van der Waals surface area contributed by atoms with Crippen molar-refractivity contribution in [3.05, 3.63) is 59.8 Å². The largest absolute Gasteiger partial charge is 0.342 e. The first-order valence-corrected chi connectivity index (χ1v) is 6.36. The summed E-state index contributed by atoms with van der Waals surface area (Å²) < 4.78 is 13.1. The number of rotatable bonds is 2. The fourth-order valence-electron chi connectivity index (χ4n) is 2.13. The van der Waals surface area contributed by atoms with Gasteiger partial charge in [0.25, 0.3) is 0 Å². The van der Waals surface area contributed by atoms with Crippen LogP contribution in [0.15, 0.2) is 42.6 Å². The number of nitrogens with one attached hydrogen (secondary N) is 1. The number of aromatic amines is 1. The van der Waals surface area contributed by atoms with Gasteiger partial charge in [0, 0.05) is 11.8 Å². The molecule has 0 aliphatic heterocycles. The van der Waals surface area contributed by atoms with E-state index in [9.17, 15) is 4.39 Å². The number of aryl methyl sites for hydroxylation is 1. The Bertz CT molecular complexity index is 828. The first-order chi connectivity index (χ1) is 10.2. The molecule has 5 heteroatoms. The normalized spacial score (nSPS) is 10.3. The average molecular weight is 278 g/mol. The summed E-state index contributed by atoms with van der Waals surface area (Å²) >= 11 is 0. The molecule has 2 aromatic heterocycles. The Kier molecular flexibility index (Phi) is 3.20. The highest BCUT2D eigenvalue weighted by Crippen LogP contribution is 2.29. The summed E-state index contributed by atoms with van der Waals surface area (Å²) in [6, 6.07) is 11.6. The molecular formula is C16H11FN4. The van der Waals surface area contributed by atoms with E-state index in [0.29, 0.717) is 17.0 Å². The van der Waals surface area contributed by atoms with E-state index in [0.717, 1.165) is 17.1 Å². The van der Waals surface area contributed by atoms with Gasteiger partial charge in [-0.2, -0.15) is 5.26 Å². The third kappa shape index (κ3) is 2.51. The van der Waals surface area contributed by atoms with Crippen LogP contribution in [-0.4, -0.2) is 15.0 Å². The van der Waals surface area contributed by atoms with E-state index in [2.05, 4.69) is 21.0 Å². The van der Waals surface area contributed by atoms with Gasteiger partial charge in [-0.05, 0) is 43.3 Å². The Labute approximate surface area is 120 Å². The predicted octanol–water partition coefficient (Wildman–Crippen LogP) is 3.46. The Morgan fingerprint density at radius 1 is 1.19 bits per heavy atom. The van der Waals surface area contributed by atoms with Crippen molar-refractivity contribution in [2.24, 2.45) is 0 Å². The SMILES string of the molecule is Cc1nc(-c2cc(C#N)ccn2)c(-c2ccc(F)cc2)[nH]1. The van der Waals surface area contributed by atoms with Crippen LogP contribution in [0.25, 0.3) is 22.6 Å². The Balaban J connectivity index is 2.15. The smallest absolute Gasteiger partial charge is 0.123 e. The maximum Gasteiger partial charge on any atom is 0.123 e. The van der Waals surface area contributed by atoms with Gasteiger partial charge in [-0.1, -0.05) is 0 Å². The van der Waals surface area contributed by atoms with Crippen LogP contribution in [0.2, 0.25) is 0 Å². The van der Waals surface area contributed by atoms with E-state index < -0.39 is 0 Å². The van der Waals surface area contributed by atoms with Gasteiger partial charge in [0.15, 0.2) is 0 Å². The van der Waals surface area contributed by atoms with Crippen LogP contribution >= 0.6 is 0 Å². The topological polar surface area (TPSA) is 65.4 Å². The van der Waals surface area contributed by atoms with Crippen LogP contribution in [0, 0.1) is 24.1 Å². The number of aromatic nitrogens is 3. The number of halogens is 1. The van der Waals surface area contributed by atoms with Crippen molar-refractivity contribution >= 4 is 0 Å². The van der Waals surface area contributed by atoms with Crippen LogP contribution < -0.4 is 0 Å². The summed E-state index contributed by atoms with van der Waals surface area (Å²) in [5.74, 6) is 0.439. The minimum atomic E-state index is -0.291. The fourth-order valence-corrected chi connectivity index (χ4v) is 2.13. The van der Waals surface area contributed by atoms with Crippen LogP contribution in [0.4, 0.5) is 4.39 Å². The molecule has 0 radical (unpaired) electrons. The second-order valence-electron chi connectivity index (χ2n) is 4.59. The van der Waals surface area contributed by atoms with Crippen LogP contribution in [0.3, 0.4) is 0 Å². The highest BCUT2D eigenvalue weighted by Gasteiger charge is 2.14. The molecule has 0 spiro atoms. The van der Waals surface area contributed by atoms with Crippen molar-refractivity contribution in [2.45, 2.75) is 6.92 Å². The Morgan fingerprint density at radius 2 is 1.95 bits per heavy atom. The molecule has 0 aliphatic rings. The standard InChI is InChI=1S/C16H11FN4/c1-10-20-15(12-2-4-13(17)5-3-12)16(21-10)14-8-11(9-18)6-7-19-14/h2-8H,1H3,(H,20,21). The van der Waals surface area contributed by atoms with Gasteiger partial charge in [-0.15, -0.1) is 0 Å². The molecule has 0 atom stereocenters. The van der Waals surface area contributed by atoms with E-state index >= 15 is 0 Å². The minimum Gasteiger partial charge on any atom is -0.342 e. The highest BCUT2D eigenvalue weighted by atomic mass is 19.1. The van der Waals surface area contributed by atoms with Gasteiger partial charge in [-0.3, -0.25) is 4.98 Å². The van der Waals surface area contributed by atoms with Gasteiger partial charge < -0.3 is 4.98 Å².